The van der Waals surface area contributed by atoms with Crippen LogP contribution in [0.1, 0.15) is 6.92 Å². The summed E-state index contributed by atoms with van der Waals surface area (Å²) in [6.45, 7) is 1.77. The number of amides is 2. The molecule has 1 saturated heterocycles. The molecule has 2 heterocycles. The molecule has 0 saturated carbocycles. The fourth-order valence-electron chi connectivity index (χ4n) is 2.51. The lowest BCUT2D eigenvalue weighted by molar-refractivity contribution is -0.136. The highest BCUT2D eigenvalue weighted by molar-refractivity contribution is 6.46. The topological polar surface area (TPSA) is 88.1 Å². The average molecular weight is 305 g/mol. The number of nitrogens with zero attached hydrogens (tertiary/aromatic N) is 2. The van der Waals surface area contributed by atoms with Crippen molar-refractivity contribution in [2.45, 2.75) is 13.0 Å². The van der Waals surface area contributed by atoms with Crippen molar-refractivity contribution in [2.75, 3.05) is 11.5 Å². The van der Waals surface area contributed by atoms with Crippen LogP contribution in [-0.2, 0) is 19.1 Å². The summed E-state index contributed by atoms with van der Waals surface area (Å²) < 4.78 is 17.8. The van der Waals surface area contributed by atoms with Gasteiger partial charge in [0, 0.05) is 0 Å². The molecule has 2 amide bonds. The molecule has 8 heteroatoms. The molecule has 2 atom stereocenters. The van der Waals surface area contributed by atoms with Gasteiger partial charge >= 0.3 is 5.97 Å². The maximum absolute atomic E-state index is 13.0. The van der Waals surface area contributed by atoms with Gasteiger partial charge in [0.1, 0.15) is 17.8 Å². The first-order valence-corrected chi connectivity index (χ1v) is 6.68. The molecule has 2 aliphatic rings. The molecular weight excluding hydrogens is 293 g/mol. The van der Waals surface area contributed by atoms with Crippen molar-refractivity contribution in [3.8, 4) is 0 Å². The van der Waals surface area contributed by atoms with Crippen LogP contribution in [0.2, 0.25) is 0 Å². The monoisotopic (exact) mass is 305 g/mol. The summed E-state index contributed by atoms with van der Waals surface area (Å²) >= 11 is 0. The average Bonchev–Trinajstić information content (AvgIpc) is 3.03. The number of hydrogen-bond acceptors (Lipinski definition) is 6. The summed E-state index contributed by atoms with van der Waals surface area (Å²) in [6, 6.07) is 4.02. The Balaban J connectivity index is 1.91. The summed E-state index contributed by atoms with van der Waals surface area (Å²) in [6.07, 6.45) is 0. The number of rotatable bonds is 3. The maximum atomic E-state index is 13.0. The molecule has 0 bridgehead atoms. The smallest absolute Gasteiger partial charge is 0.355 e. The molecule has 1 aromatic rings. The van der Waals surface area contributed by atoms with Gasteiger partial charge in [-0.3, -0.25) is 15.0 Å². The zero-order valence-corrected chi connectivity index (χ0v) is 11.6. The highest BCUT2D eigenvalue weighted by Crippen LogP contribution is 2.30. The number of esters is 1. The Bertz CT molecular complexity index is 686. The van der Waals surface area contributed by atoms with Crippen LogP contribution >= 0.6 is 0 Å². The number of carbonyl (C=O) groups excluding carboxylic acids is 3. The van der Waals surface area contributed by atoms with E-state index in [-0.39, 0.29) is 18.0 Å². The molecule has 1 N–H and O–H groups in total. The number of ether oxygens (including phenoxy) is 1. The first-order chi connectivity index (χ1) is 10.5. The van der Waals surface area contributed by atoms with Gasteiger partial charge in [0.15, 0.2) is 5.71 Å². The molecule has 0 aromatic heterocycles. The fourth-order valence-corrected chi connectivity index (χ4v) is 2.51. The van der Waals surface area contributed by atoms with Gasteiger partial charge in [-0.15, -0.1) is 0 Å². The minimum absolute atomic E-state index is 0.116. The molecule has 1 fully saturated rings. The van der Waals surface area contributed by atoms with E-state index in [0.717, 1.165) is 17.0 Å². The van der Waals surface area contributed by atoms with E-state index < -0.39 is 35.6 Å². The second kappa shape index (κ2) is 5.21. The summed E-state index contributed by atoms with van der Waals surface area (Å²) in [5, 5.41) is 3.75. The molecule has 22 heavy (non-hydrogen) atoms. The van der Waals surface area contributed by atoms with Crippen molar-refractivity contribution in [1.29, 1.82) is 0 Å². The van der Waals surface area contributed by atoms with Crippen LogP contribution < -0.4 is 10.3 Å². The Morgan fingerprint density at radius 3 is 2.64 bits per heavy atom. The number of carbonyl (C=O) groups is 3. The lowest BCUT2D eigenvalue weighted by Crippen LogP contribution is -2.36. The van der Waals surface area contributed by atoms with E-state index in [4.69, 9.17) is 4.74 Å². The minimum atomic E-state index is -1.02. The largest absolute Gasteiger partial charge is 0.461 e. The van der Waals surface area contributed by atoms with E-state index in [1.165, 1.54) is 12.1 Å². The fraction of sp³-hybridized carbons (Fsp3) is 0.286. The minimum Gasteiger partial charge on any atom is -0.461 e. The van der Waals surface area contributed by atoms with Crippen molar-refractivity contribution in [2.24, 2.45) is 11.0 Å². The van der Waals surface area contributed by atoms with E-state index >= 15 is 0 Å². The lowest BCUT2D eigenvalue weighted by Gasteiger charge is -2.15. The number of halogens is 1. The zero-order chi connectivity index (χ0) is 15.9. The summed E-state index contributed by atoms with van der Waals surface area (Å²) in [7, 11) is 0. The van der Waals surface area contributed by atoms with Gasteiger partial charge in [0.2, 0.25) is 5.91 Å². The van der Waals surface area contributed by atoms with Gasteiger partial charge in [0.05, 0.1) is 12.3 Å². The number of imide groups is 1. The third kappa shape index (κ3) is 2.03. The highest BCUT2D eigenvalue weighted by Gasteiger charge is 2.55. The van der Waals surface area contributed by atoms with Gasteiger partial charge in [-0.25, -0.2) is 14.1 Å². The van der Waals surface area contributed by atoms with Gasteiger partial charge in [-0.1, -0.05) is 0 Å². The summed E-state index contributed by atoms with van der Waals surface area (Å²) in [5.74, 6) is -3.35. The van der Waals surface area contributed by atoms with Crippen LogP contribution in [0.5, 0.6) is 0 Å². The summed E-state index contributed by atoms with van der Waals surface area (Å²) in [4.78, 5) is 37.5. The first kappa shape index (κ1) is 14.2. The van der Waals surface area contributed by atoms with E-state index in [1.807, 2.05) is 0 Å². The molecular formula is C14H12FN3O4. The third-order valence-electron chi connectivity index (χ3n) is 3.49. The Labute approximate surface area is 124 Å². The third-order valence-corrected chi connectivity index (χ3v) is 3.49. The van der Waals surface area contributed by atoms with Gasteiger partial charge in [-0.2, -0.15) is 5.10 Å². The second-order valence-corrected chi connectivity index (χ2v) is 4.79. The molecule has 0 unspecified atom stereocenters. The molecule has 0 radical (unpaired) electrons. The van der Waals surface area contributed by atoms with E-state index in [0.29, 0.717) is 0 Å². The van der Waals surface area contributed by atoms with Gasteiger partial charge in [-0.05, 0) is 31.2 Å². The highest BCUT2D eigenvalue weighted by atomic mass is 19.1. The van der Waals surface area contributed by atoms with E-state index in [1.54, 1.807) is 6.92 Å². The van der Waals surface area contributed by atoms with E-state index in [9.17, 15) is 18.8 Å². The maximum Gasteiger partial charge on any atom is 0.355 e. The van der Waals surface area contributed by atoms with Crippen LogP contribution in [0.25, 0.3) is 0 Å². The normalized spacial score (nSPS) is 23.2. The second-order valence-electron chi connectivity index (χ2n) is 4.79. The number of hydrazone groups is 1. The summed E-state index contributed by atoms with van der Waals surface area (Å²) in [5.41, 5.74) is 2.63. The van der Waals surface area contributed by atoms with Crippen LogP contribution in [0.3, 0.4) is 0 Å². The van der Waals surface area contributed by atoms with Crippen LogP contribution in [-0.4, -0.2) is 36.1 Å². The Morgan fingerprint density at radius 2 is 2.00 bits per heavy atom. The zero-order valence-electron chi connectivity index (χ0n) is 11.6. The molecule has 1 aromatic carbocycles. The van der Waals surface area contributed by atoms with E-state index in [2.05, 4.69) is 10.5 Å². The predicted octanol–water partition coefficient (Wildman–Crippen LogP) is 0.206. The Morgan fingerprint density at radius 1 is 1.32 bits per heavy atom. The van der Waals surface area contributed by atoms with Crippen LogP contribution in [0.15, 0.2) is 29.4 Å². The Kier molecular flexibility index (Phi) is 3.36. The predicted molar refractivity (Wildman–Crippen MR) is 73.4 cm³/mol. The van der Waals surface area contributed by atoms with Gasteiger partial charge < -0.3 is 4.74 Å². The Hall–Kier alpha value is -2.77. The number of nitrogens with one attached hydrogen (secondary N) is 1. The first-order valence-electron chi connectivity index (χ1n) is 6.68. The van der Waals surface area contributed by atoms with Crippen molar-refractivity contribution >= 4 is 29.2 Å². The molecule has 7 nitrogen and oxygen atoms in total. The quantitative estimate of drug-likeness (QED) is 0.637. The van der Waals surface area contributed by atoms with Crippen molar-refractivity contribution in [3.05, 3.63) is 30.1 Å². The van der Waals surface area contributed by atoms with Crippen molar-refractivity contribution in [1.82, 2.24) is 5.43 Å². The standard InChI is InChI=1S/C14H12FN3O4/c1-2-22-14(21)11-9-10(16-17-11)13(20)18(12(9)19)8-5-3-7(15)4-6-8/h3-6,9-10,16H,2H2,1H3/t9-,10-/m1/s1. The molecule has 2 aliphatic heterocycles. The number of hydrogen-bond donors (Lipinski definition) is 1. The lowest BCUT2D eigenvalue weighted by atomic mass is 9.99. The molecule has 114 valence electrons. The SMILES string of the molecule is CCOC(=O)C1=NN[C@H]2C(=O)N(c3ccc(F)cc3)C(=O)[C@@H]12. The molecule has 0 spiro atoms. The van der Waals surface area contributed by atoms with Crippen molar-refractivity contribution in [3.63, 3.8) is 0 Å². The number of benzene rings is 1. The molecule has 0 aliphatic carbocycles. The van der Waals surface area contributed by atoms with Crippen molar-refractivity contribution < 1.29 is 23.5 Å². The van der Waals surface area contributed by atoms with Gasteiger partial charge in [0.25, 0.3) is 5.91 Å². The number of fused-ring (bicyclic) bond motifs is 1. The molecule has 3 rings (SSSR count). The number of anilines is 1. The van der Waals surface area contributed by atoms with Crippen LogP contribution in [0, 0.1) is 11.7 Å². The van der Waals surface area contributed by atoms with Crippen LogP contribution in [0.4, 0.5) is 10.1 Å².